The zero-order valence-corrected chi connectivity index (χ0v) is 40.2. The van der Waals surface area contributed by atoms with E-state index in [1.54, 1.807) is 0 Å². The molecule has 0 aromatic heterocycles. The molecule has 1 fully saturated rings. The highest BCUT2D eigenvalue weighted by molar-refractivity contribution is 7.47. The number of ether oxygens (including phenoxy) is 2. The number of aliphatic hydroxyl groups excluding tert-OH is 5. The van der Waals surface area contributed by atoms with Gasteiger partial charge in [0.1, 0.15) is 43.2 Å². The van der Waals surface area contributed by atoms with Gasteiger partial charge in [0.05, 0.1) is 6.61 Å². The normalized spacial score (nSPS) is 22.1. The van der Waals surface area contributed by atoms with E-state index in [0.717, 1.165) is 57.8 Å². The van der Waals surface area contributed by atoms with E-state index in [0.29, 0.717) is 12.8 Å². The van der Waals surface area contributed by atoms with E-state index < -0.39 is 75.7 Å². The molecule has 14 heteroatoms. The van der Waals surface area contributed by atoms with E-state index in [1.165, 1.54) is 89.9 Å². The topological polar surface area (TPSA) is 210 Å². The zero-order valence-electron chi connectivity index (χ0n) is 39.3. The first kappa shape index (κ1) is 59.6. The first-order valence-corrected chi connectivity index (χ1v) is 26.1. The van der Waals surface area contributed by atoms with Gasteiger partial charge in [0.15, 0.2) is 6.10 Å². The van der Waals surface area contributed by atoms with Crippen LogP contribution in [0.25, 0.3) is 0 Å². The number of aliphatic hydroxyl groups is 5. The fraction of sp³-hybridized carbons (Fsp3) is 0.760. The Morgan fingerprint density at radius 1 is 0.484 bits per heavy atom. The van der Waals surface area contributed by atoms with Gasteiger partial charge >= 0.3 is 19.8 Å². The molecule has 6 N–H and O–H groups in total. The predicted molar refractivity (Wildman–Crippen MR) is 253 cm³/mol. The summed E-state index contributed by atoms with van der Waals surface area (Å²) in [5.74, 6) is -1.19. The fourth-order valence-electron chi connectivity index (χ4n) is 7.11. The monoisotopic (exact) mass is 927 g/mol. The number of phosphoric acid groups is 1. The molecule has 0 heterocycles. The number of unbranched alkanes of at least 4 members (excludes halogenated alkanes) is 18. The fourth-order valence-corrected chi connectivity index (χ4v) is 8.08. The van der Waals surface area contributed by atoms with E-state index in [2.05, 4.69) is 62.5 Å². The molecule has 0 spiro atoms. The SMILES string of the molecule is CCCCC/C=C/C/C=C/C/C=C/CCCCCCCCCCCC(=O)OCC(COP(=O)(O)OC1C(O)C(O)C(O)[C@H](O)C1O)OC(=O)CC/C=C/C/C=C/CCCCCCCC. The summed E-state index contributed by atoms with van der Waals surface area (Å²) in [6.07, 6.45) is 35.8. The molecule has 1 aliphatic carbocycles. The highest BCUT2D eigenvalue weighted by Crippen LogP contribution is 2.47. The van der Waals surface area contributed by atoms with Gasteiger partial charge in [-0.3, -0.25) is 18.6 Å². The zero-order chi connectivity index (χ0) is 47.1. The minimum Gasteiger partial charge on any atom is -0.462 e. The minimum atomic E-state index is -5.14. The lowest BCUT2D eigenvalue weighted by atomic mass is 9.85. The average Bonchev–Trinajstić information content (AvgIpc) is 3.28. The molecule has 8 atom stereocenters. The Kier molecular flexibility index (Phi) is 36.9. The van der Waals surface area contributed by atoms with Crippen LogP contribution >= 0.6 is 7.82 Å². The lowest BCUT2D eigenvalue weighted by Crippen LogP contribution is -2.64. The highest BCUT2D eigenvalue weighted by Gasteiger charge is 2.51. The van der Waals surface area contributed by atoms with Crippen molar-refractivity contribution in [3.05, 3.63) is 60.8 Å². The molecule has 0 aromatic rings. The van der Waals surface area contributed by atoms with Crippen LogP contribution in [0.4, 0.5) is 0 Å². The van der Waals surface area contributed by atoms with Crippen LogP contribution in [0.3, 0.4) is 0 Å². The largest absolute Gasteiger partial charge is 0.472 e. The van der Waals surface area contributed by atoms with E-state index in [1.807, 2.05) is 12.2 Å². The number of esters is 2. The van der Waals surface area contributed by atoms with Crippen LogP contribution in [0, 0.1) is 0 Å². The third kappa shape index (κ3) is 31.5. The van der Waals surface area contributed by atoms with E-state index in [4.69, 9.17) is 18.5 Å². The molecule has 370 valence electrons. The first-order chi connectivity index (χ1) is 30.9. The van der Waals surface area contributed by atoms with Gasteiger partial charge in [-0.1, -0.05) is 164 Å². The Balaban J connectivity index is 2.42. The Hall–Kier alpha value is -2.45. The molecule has 0 saturated heterocycles. The third-order valence-electron chi connectivity index (χ3n) is 11.1. The number of allylic oxidation sites excluding steroid dienone is 10. The second-order valence-electron chi connectivity index (χ2n) is 17.0. The van der Waals surface area contributed by atoms with Crippen LogP contribution < -0.4 is 0 Å². The molecule has 13 nitrogen and oxygen atoms in total. The van der Waals surface area contributed by atoms with Crippen molar-refractivity contribution in [2.45, 2.75) is 230 Å². The maximum absolute atomic E-state index is 12.8. The quantitative estimate of drug-likeness (QED) is 0.0146. The summed E-state index contributed by atoms with van der Waals surface area (Å²) in [5.41, 5.74) is 0. The van der Waals surface area contributed by atoms with Crippen molar-refractivity contribution in [3.8, 4) is 0 Å². The first-order valence-electron chi connectivity index (χ1n) is 24.6. The maximum Gasteiger partial charge on any atom is 0.472 e. The molecular formula is C50H87O13P. The number of carbonyl (C=O) groups is 2. The molecular weight excluding hydrogens is 840 g/mol. The van der Waals surface area contributed by atoms with E-state index in [9.17, 15) is 44.6 Å². The van der Waals surface area contributed by atoms with Gasteiger partial charge in [-0.2, -0.15) is 0 Å². The van der Waals surface area contributed by atoms with Crippen molar-refractivity contribution in [1.82, 2.24) is 0 Å². The number of hydrogen-bond donors (Lipinski definition) is 6. The molecule has 7 unspecified atom stereocenters. The molecule has 1 aliphatic rings. The summed E-state index contributed by atoms with van der Waals surface area (Å²) in [7, 11) is -5.14. The molecule has 1 saturated carbocycles. The molecule has 0 aliphatic heterocycles. The number of phosphoric ester groups is 1. The summed E-state index contributed by atoms with van der Waals surface area (Å²) in [6, 6.07) is 0. The van der Waals surface area contributed by atoms with Crippen LogP contribution in [0.2, 0.25) is 0 Å². The Morgan fingerprint density at radius 3 is 1.38 bits per heavy atom. The summed E-state index contributed by atoms with van der Waals surface area (Å²) >= 11 is 0. The number of rotatable bonds is 40. The summed E-state index contributed by atoms with van der Waals surface area (Å²) < 4.78 is 33.5. The second kappa shape index (κ2) is 39.7. The predicted octanol–water partition coefficient (Wildman–Crippen LogP) is 10.1. The average molecular weight is 927 g/mol. The lowest BCUT2D eigenvalue weighted by molar-refractivity contribution is -0.220. The molecule has 0 radical (unpaired) electrons. The molecule has 64 heavy (non-hydrogen) atoms. The molecule has 1 rings (SSSR count). The van der Waals surface area contributed by atoms with Crippen LogP contribution in [0.5, 0.6) is 0 Å². The van der Waals surface area contributed by atoms with Crippen molar-refractivity contribution in [2.75, 3.05) is 13.2 Å². The number of hydrogen-bond acceptors (Lipinski definition) is 12. The molecule has 0 amide bonds. The van der Waals surface area contributed by atoms with Gasteiger partial charge in [-0.15, -0.1) is 0 Å². The van der Waals surface area contributed by atoms with Gasteiger partial charge in [0.25, 0.3) is 0 Å². The van der Waals surface area contributed by atoms with Gasteiger partial charge in [-0.25, -0.2) is 4.57 Å². The Labute approximate surface area is 385 Å². The van der Waals surface area contributed by atoms with Crippen LogP contribution in [-0.4, -0.2) is 98.3 Å². The van der Waals surface area contributed by atoms with Crippen molar-refractivity contribution in [2.24, 2.45) is 0 Å². The van der Waals surface area contributed by atoms with Crippen molar-refractivity contribution >= 4 is 19.8 Å². The van der Waals surface area contributed by atoms with Gasteiger partial charge in [0.2, 0.25) is 0 Å². The highest BCUT2D eigenvalue weighted by atomic mass is 31.2. The smallest absolute Gasteiger partial charge is 0.462 e. The van der Waals surface area contributed by atoms with Crippen molar-refractivity contribution in [3.63, 3.8) is 0 Å². The maximum atomic E-state index is 12.8. The van der Waals surface area contributed by atoms with E-state index in [-0.39, 0.29) is 12.8 Å². The summed E-state index contributed by atoms with van der Waals surface area (Å²) in [4.78, 5) is 35.7. The minimum absolute atomic E-state index is 0.0124. The Morgan fingerprint density at radius 2 is 0.875 bits per heavy atom. The van der Waals surface area contributed by atoms with Crippen molar-refractivity contribution in [1.29, 1.82) is 0 Å². The van der Waals surface area contributed by atoms with E-state index >= 15 is 0 Å². The van der Waals surface area contributed by atoms with Gasteiger partial charge < -0.3 is 39.9 Å². The Bertz CT molecular complexity index is 1350. The number of carbonyl (C=O) groups excluding carboxylic acids is 2. The summed E-state index contributed by atoms with van der Waals surface area (Å²) in [5, 5.41) is 50.2. The van der Waals surface area contributed by atoms with Gasteiger partial charge in [0, 0.05) is 12.8 Å². The third-order valence-corrected chi connectivity index (χ3v) is 12.1. The molecule has 0 bridgehead atoms. The van der Waals surface area contributed by atoms with Crippen molar-refractivity contribution < 1.29 is 63.1 Å². The molecule has 0 aromatic carbocycles. The van der Waals surface area contributed by atoms with Crippen LogP contribution in [-0.2, 0) is 32.7 Å². The second-order valence-corrected chi connectivity index (χ2v) is 18.4. The standard InChI is InChI=1S/C50H87O13P/c1-3-5-7-9-11-13-15-17-18-19-20-21-22-23-24-25-27-28-30-32-34-36-38-43(51)60-40-42(41-61-64(58,59)63-50-48(56)46(54)45(53)47(55)49(50)57)62-44(52)39-37-35-33-31-29-26-16-14-12-10-8-6-4-2/h11,13,17-18,20-21,26,29,33,35,42,45-50,53-57H,3-10,12,14-16,19,22-25,27-28,30-32,34,36-41H2,1-2H3,(H,58,59)/b13-11+,18-17+,21-20+,29-26+,35-33+/t42?,45?,46-,47?,48?,49?,50?/m0/s1. The lowest BCUT2D eigenvalue weighted by Gasteiger charge is -2.41. The van der Waals surface area contributed by atoms with Crippen LogP contribution in [0.15, 0.2) is 60.8 Å². The van der Waals surface area contributed by atoms with Gasteiger partial charge in [-0.05, 0) is 70.6 Å². The summed E-state index contributed by atoms with van der Waals surface area (Å²) in [6.45, 7) is 3.21. The van der Waals surface area contributed by atoms with Crippen LogP contribution in [0.1, 0.15) is 187 Å².